The van der Waals surface area contributed by atoms with Gasteiger partial charge in [-0.1, -0.05) is 12.8 Å². The SMILES string of the molecule is O=C(NCC1(O)CCOC1)C1CCC2CCCCC2N1. The van der Waals surface area contributed by atoms with Gasteiger partial charge in [-0.15, -0.1) is 0 Å². The van der Waals surface area contributed by atoms with Crippen LogP contribution in [0.2, 0.25) is 0 Å². The van der Waals surface area contributed by atoms with Gasteiger partial charge in [-0.25, -0.2) is 0 Å². The van der Waals surface area contributed by atoms with Crippen LogP contribution in [0.3, 0.4) is 0 Å². The largest absolute Gasteiger partial charge is 0.386 e. The Morgan fingerprint density at radius 2 is 2.15 bits per heavy atom. The number of amides is 1. The average Bonchev–Trinajstić information content (AvgIpc) is 2.91. The van der Waals surface area contributed by atoms with E-state index in [1.165, 1.54) is 25.7 Å². The quantitative estimate of drug-likeness (QED) is 0.707. The van der Waals surface area contributed by atoms with Crippen molar-refractivity contribution in [3.8, 4) is 0 Å². The zero-order chi connectivity index (χ0) is 14.0. The summed E-state index contributed by atoms with van der Waals surface area (Å²) in [6.45, 7) is 1.21. The summed E-state index contributed by atoms with van der Waals surface area (Å²) in [5, 5.41) is 16.6. The molecule has 0 radical (unpaired) electrons. The van der Waals surface area contributed by atoms with Crippen molar-refractivity contribution in [3.05, 3.63) is 0 Å². The standard InChI is InChI=1S/C15H26N2O3/c18-14(16-9-15(19)7-8-20-10-15)13-6-5-11-3-1-2-4-12(11)17-13/h11-13,17,19H,1-10H2,(H,16,18). The Hall–Kier alpha value is -0.650. The summed E-state index contributed by atoms with van der Waals surface area (Å²) in [4.78, 5) is 12.2. The van der Waals surface area contributed by atoms with Gasteiger partial charge in [-0.2, -0.15) is 0 Å². The van der Waals surface area contributed by atoms with E-state index >= 15 is 0 Å². The predicted molar refractivity (Wildman–Crippen MR) is 75.3 cm³/mol. The van der Waals surface area contributed by atoms with Crippen LogP contribution in [0.25, 0.3) is 0 Å². The van der Waals surface area contributed by atoms with Gasteiger partial charge in [0, 0.05) is 25.6 Å². The molecule has 0 aromatic carbocycles. The van der Waals surface area contributed by atoms with E-state index in [4.69, 9.17) is 4.74 Å². The van der Waals surface area contributed by atoms with Gasteiger partial charge in [-0.05, 0) is 31.6 Å². The van der Waals surface area contributed by atoms with Crippen LogP contribution < -0.4 is 10.6 Å². The van der Waals surface area contributed by atoms with Crippen molar-refractivity contribution < 1.29 is 14.6 Å². The summed E-state index contributed by atoms with van der Waals surface area (Å²) in [6.07, 6.45) is 7.81. The van der Waals surface area contributed by atoms with Crippen LogP contribution >= 0.6 is 0 Å². The zero-order valence-electron chi connectivity index (χ0n) is 12.1. The van der Waals surface area contributed by atoms with Crippen LogP contribution in [-0.2, 0) is 9.53 Å². The first-order valence-corrected chi connectivity index (χ1v) is 8.00. The summed E-state index contributed by atoms with van der Waals surface area (Å²) >= 11 is 0. The summed E-state index contributed by atoms with van der Waals surface area (Å²) in [5.74, 6) is 0.801. The molecule has 1 aliphatic carbocycles. The van der Waals surface area contributed by atoms with Gasteiger partial charge in [0.05, 0.1) is 12.6 Å². The molecule has 0 aromatic rings. The molecule has 0 bridgehead atoms. The monoisotopic (exact) mass is 282 g/mol. The number of carbonyl (C=O) groups excluding carboxylic acids is 1. The number of rotatable bonds is 3. The van der Waals surface area contributed by atoms with E-state index < -0.39 is 5.60 Å². The van der Waals surface area contributed by atoms with E-state index in [9.17, 15) is 9.90 Å². The number of aliphatic hydroxyl groups is 1. The fraction of sp³-hybridized carbons (Fsp3) is 0.933. The molecule has 3 rings (SSSR count). The van der Waals surface area contributed by atoms with Gasteiger partial charge in [0.1, 0.15) is 5.60 Å². The summed E-state index contributed by atoms with van der Waals surface area (Å²) in [7, 11) is 0. The Bertz CT molecular complexity index is 355. The summed E-state index contributed by atoms with van der Waals surface area (Å²) < 4.78 is 5.19. The molecular weight excluding hydrogens is 256 g/mol. The molecule has 1 saturated carbocycles. The van der Waals surface area contributed by atoms with E-state index in [2.05, 4.69) is 10.6 Å². The second kappa shape index (κ2) is 6.00. The van der Waals surface area contributed by atoms with E-state index in [1.807, 2.05) is 0 Å². The lowest BCUT2D eigenvalue weighted by Crippen LogP contribution is -2.56. The molecule has 0 spiro atoms. The van der Waals surface area contributed by atoms with Gasteiger partial charge in [0.2, 0.25) is 5.91 Å². The minimum Gasteiger partial charge on any atom is -0.386 e. The molecule has 4 unspecified atom stereocenters. The van der Waals surface area contributed by atoms with Crippen molar-refractivity contribution in [3.63, 3.8) is 0 Å². The van der Waals surface area contributed by atoms with Gasteiger partial charge in [-0.3, -0.25) is 4.79 Å². The zero-order valence-corrected chi connectivity index (χ0v) is 12.1. The molecule has 2 aliphatic heterocycles. The molecule has 3 aliphatic rings. The number of hydrogen-bond donors (Lipinski definition) is 3. The first-order valence-electron chi connectivity index (χ1n) is 8.00. The number of carbonyl (C=O) groups is 1. The number of ether oxygens (including phenoxy) is 1. The van der Waals surface area contributed by atoms with Crippen LogP contribution in [0.4, 0.5) is 0 Å². The fourth-order valence-corrected chi connectivity index (χ4v) is 3.81. The van der Waals surface area contributed by atoms with E-state index in [0.29, 0.717) is 32.2 Å². The number of nitrogens with one attached hydrogen (secondary N) is 2. The lowest BCUT2D eigenvalue weighted by molar-refractivity contribution is -0.125. The van der Waals surface area contributed by atoms with Crippen LogP contribution in [0.1, 0.15) is 44.9 Å². The number of fused-ring (bicyclic) bond motifs is 1. The van der Waals surface area contributed by atoms with Crippen molar-refractivity contribution in [2.75, 3.05) is 19.8 Å². The van der Waals surface area contributed by atoms with Gasteiger partial charge >= 0.3 is 0 Å². The van der Waals surface area contributed by atoms with E-state index in [-0.39, 0.29) is 11.9 Å². The van der Waals surface area contributed by atoms with Crippen LogP contribution in [0.5, 0.6) is 0 Å². The Labute approximate surface area is 120 Å². The molecule has 5 nitrogen and oxygen atoms in total. The molecular formula is C15H26N2O3. The second-order valence-corrected chi connectivity index (χ2v) is 6.69. The predicted octanol–water partition coefficient (Wildman–Crippen LogP) is 0.565. The maximum Gasteiger partial charge on any atom is 0.237 e. The Morgan fingerprint density at radius 1 is 1.30 bits per heavy atom. The topological polar surface area (TPSA) is 70.6 Å². The van der Waals surface area contributed by atoms with Crippen LogP contribution in [0.15, 0.2) is 0 Å². The van der Waals surface area contributed by atoms with Gasteiger partial charge in [0.25, 0.3) is 0 Å². The second-order valence-electron chi connectivity index (χ2n) is 6.69. The van der Waals surface area contributed by atoms with Crippen molar-refractivity contribution >= 4 is 5.91 Å². The molecule has 4 atom stereocenters. The Kier molecular flexibility index (Phi) is 4.29. The smallest absolute Gasteiger partial charge is 0.237 e. The minimum atomic E-state index is -0.863. The Morgan fingerprint density at radius 3 is 2.95 bits per heavy atom. The third-order valence-corrected chi connectivity index (χ3v) is 5.14. The first kappa shape index (κ1) is 14.3. The van der Waals surface area contributed by atoms with Crippen LogP contribution in [0, 0.1) is 5.92 Å². The highest BCUT2D eigenvalue weighted by Gasteiger charge is 2.36. The lowest BCUT2D eigenvalue weighted by Gasteiger charge is -2.40. The molecule has 3 fully saturated rings. The molecule has 3 N–H and O–H groups in total. The number of hydrogen-bond acceptors (Lipinski definition) is 4. The van der Waals surface area contributed by atoms with Crippen LogP contribution in [-0.4, -0.2) is 48.5 Å². The van der Waals surface area contributed by atoms with Gasteiger partial charge < -0.3 is 20.5 Å². The highest BCUT2D eigenvalue weighted by molar-refractivity contribution is 5.82. The first-order chi connectivity index (χ1) is 9.66. The van der Waals surface area contributed by atoms with E-state index in [0.717, 1.165) is 18.8 Å². The summed E-state index contributed by atoms with van der Waals surface area (Å²) in [5.41, 5.74) is -0.863. The minimum absolute atomic E-state index is 0.0364. The fourth-order valence-electron chi connectivity index (χ4n) is 3.81. The van der Waals surface area contributed by atoms with Crippen molar-refractivity contribution in [1.29, 1.82) is 0 Å². The molecule has 2 heterocycles. The summed E-state index contributed by atoms with van der Waals surface area (Å²) in [6, 6.07) is 0.437. The molecule has 5 heteroatoms. The molecule has 114 valence electrons. The maximum atomic E-state index is 12.2. The maximum absolute atomic E-state index is 12.2. The number of piperidine rings is 1. The molecule has 2 saturated heterocycles. The normalized spacial score (nSPS) is 41.1. The van der Waals surface area contributed by atoms with Crippen molar-refractivity contribution in [2.24, 2.45) is 5.92 Å². The van der Waals surface area contributed by atoms with Crippen molar-refractivity contribution in [2.45, 2.75) is 62.6 Å². The molecule has 0 aromatic heterocycles. The van der Waals surface area contributed by atoms with E-state index in [1.54, 1.807) is 0 Å². The molecule has 20 heavy (non-hydrogen) atoms. The third-order valence-electron chi connectivity index (χ3n) is 5.14. The average molecular weight is 282 g/mol. The highest BCUT2D eigenvalue weighted by atomic mass is 16.5. The van der Waals surface area contributed by atoms with Gasteiger partial charge in [0.15, 0.2) is 0 Å². The van der Waals surface area contributed by atoms with Crippen molar-refractivity contribution in [1.82, 2.24) is 10.6 Å². The lowest BCUT2D eigenvalue weighted by atomic mass is 9.77. The Balaban J connectivity index is 1.47. The third kappa shape index (κ3) is 3.15. The molecule has 1 amide bonds. The highest BCUT2D eigenvalue weighted by Crippen LogP contribution is 2.32.